The molecule has 0 spiro atoms. The molecule has 2 aromatic rings. The van der Waals surface area contributed by atoms with E-state index in [0.717, 1.165) is 22.5 Å². The first kappa shape index (κ1) is 16.0. The molecule has 0 saturated heterocycles. The van der Waals surface area contributed by atoms with E-state index in [2.05, 4.69) is 0 Å². The predicted octanol–water partition coefficient (Wildman–Crippen LogP) is 3.30. The third kappa shape index (κ3) is 3.27. The smallest absolute Gasteiger partial charge is 0.338 e. The molecular weight excluding hydrogens is 278 g/mol. The van der Waals surface area contributed by atoms with E-state index in [0.29, 0.717) is 11.1 Å². The van der Waals surface area contributed by atoms with Crippen molar-refractivity contribution in [3.05, 3.63) is 57.9 Å². The summed E-state index contributed by atoms with van der Waals surface area (Å²) in [4.78, 5) is 24.3. The van der Waals surface area contributed by atoms with Gasteiger partial charge in [0.1, 0.15) is 0 Å². The molecule has 0 aliphatic rings. The number of hydrogen-bond acceptors (Lipinski definition) is 3. The summed E-state index contributed by atoms with van der Waals surface area (Å²) < 4.78 is 7.10. The van der Waals surface area contributed by atoms with E-state index >= 15 is 0 Å². The molecule has 0 N–H and O–H groups in total. The number of ether oxygens (including phenoxy) is 1. The van der Waals surface area contributed by atoms with Crippen molar-refractivity contribution in [2.45, 2.75) is 27.7 Å². The van der Waals surface area contributed by atoms with Gasteiger partial charge in [-0.2, -0.15) is 0 Å². The van der Waals surface area contributed by atoms with E-state index < -0.39 is 5.97 Å². The number of carbonyl (C=O) groups is 2. The van der Waals surface area contributed by atoms with E-state index in [-0.39, 0.29) is 12.4 Å². The Morgan fingerprint density at radius 1 is 1.00 bits per heavy atom. The molecule has 0 unspecified atom stereocenters. The van der Waals surface area contributed by atoms with Crippen LogP contribution in [-0.4, -0.2) is 22.9 Å². The number of Topliss-reactive ketones (excluding diaryl/α,β-unsaturated/α-hetero) is 1. The molecule has 0 bridgehead atoms. The quantitative estimate of drug-likeness (QED) is 0.643. The van der Waals surface area contributed by atoms with Crippen LogP contribution in [0.3, 0.4) is 0 Å². The second-order valence-corrected chi connectivity index (χ2v) is 5.72. The maximum absolute atomic E-state index is 12.2. The SMILES string of the molecule is Cc1cc(C)cc(C(=O)OCC(=O)c2cc(C)n(C)c2C)c1. The zero-order valence-corrected chi connectivity index (χ0v) is 13.7. The fourth-order valence-electron chi connectivity index (χ4n) is 2.52. The molecule has 22 heavy (non-hydrogen) atoms. The summed E-state index contributed by atoms with van der Waals surface area (Å²) in [5.74, 6) is -0.649. The van der Waals surface area contributed by atoms with Crippen LogP contribution in [0.4, 0.5) is 0 Å². The normalized spacial score (nSPS) is 10.6. The highest BCUT2D eigenvalue weighted by atomic mass is 16.5. The number of carbonyl (C=O) groups excluding carboxylic acids is 2. The number of hydrogen-bond donors (Lipinski definition) is 0. The minimum Gasteiger partial charge on any atom is -0.454 e. The number of nitrogens with zero attached hydrogens (tertiary/aromatic N) is 1. The van der Waals surface area contributed by atoms with Crippen LogP contribution in [0.25, 0.3) is 0 Å². The lowest BCUT2D eigenvalue weighted by atomic mass is 10.1. The molecule has 0 aliphatic carbocycles. The molecule has 4 nitrogen and oxygen atoms in total. The Labute approximate surface area is 130 Å². The second kappa shape index (κ2) is 6.18. The number of aromatic nitrogens is 1. The van der Waals surface area contributed by atoms with Crippen LogP contribution in [0.15, 0.2) is 24.3 Å². The predicted molar refractivity (Wildman–Crippen MR) is 85.4 cm³/mol. The van der Waals surface area contributed by atoms with Crippen molar-refractivity contribution in [1.29, 1.82) is 0 Å². The summed E-state index contributed by atoms with van der Waals surface area (Å²) in [6.07, 6.45) is 0. The maximum atomic E-state index is 12.2. The van der Waals surface area contributed by atoms with Gasteiger partial charge in [0.25, 0.3) is 0 Å². The van der Waals surface area contributed by atoms with Gasteiger partial charge in [-0.15, -0.1) is 0 Å². The number of ketones is 1. The molecule has 0 fully saturated rings. The van der Waals surface area contributed by atoms with Crippen LogP contribution >= 0.6 is 0 Å². The van der Waals surface area contributed by atoms with Gasteiger partial charge < -0.3 is 9.30 Å². The van der Waals surface area contributed by atoms with E-state index in [9.17, 15) is 9.59 Å². The number of benzene rings is 1. The number of esters is 1. The molecule has 1 aromatic heterocycles. The topological polar surface area (TPSA) is 48.3 Å². The van der Waals surface area contributed by atoms with Gasteiger partial charge in [-0.1, -0.05) is 17.2 Å². The van der Waals surface area contributed by atoms with Gasteiger partial charge in [0.05, 0.1) is 5.56 Å². The van der Waals surface area contributed by atoms with Gasteiger partial charge in [0.2, 0.25) is 5.78 Å². The first-order valence-electron chi connectivity index (χ1n) is 7.21. The van der Waals surface area contributed by atoms with Gasteiger partial charge in [0, 0.05) is 24.0 Å². The Morgan fingerprint density at radius 3 is 2.09 bits per heavy atom. The first-order chi connectivity index (χ1) is 10.3. The average molecular weight is 299 g/mol. The Balaban J connectivity index is 2.07. The third-order valence-corrected chi connectivity index (χ3v) is 3.87. The van der Waals surface area contributed by atoms with Gasteiger partial charge in [0.15, 0.2) is 6.61 Å². The molecule has 0 aliphatic heterocycles. The first-order valence-corrected chi connectivity index (χ1v) is 7.21. The van der Waals surface area contributed by atoms with Crippen LogP contribution < -0.4 is 0 Å². The number of aryl methyl sites for hydroxylation is 3. The van der Waals surface area contributed by atoms with Crippen molar-refractivity contribution in [3.8, 4) is 0 Å². The summed E-state index contributed by atoms with van der Waals surface area (Å²) in [6, 6.07) is 7.33. The Hall–Kier alpha value is -2.36. The van der Waals surface area contributed by atoms with Crippen molar-refractivity contribution in [3.63, 3.8) is 0 Å². The monoisotopic (exact) mass is 299 g/mol. The van der Waals surface area contributed by atoms with E-state index in [1.807, 2.05) is 51.4 Å². The van der Waals surface area contributed by atoms with Crippen molar-refractivity contribution in [2.24, 2.45) is 7.05 Å². The summed E-state index contributed by atoms with van der Waals surface area (Å²) in [5.41, 5.74) is 4.95. The second-order valence-electron chi connectivity index (χ2n) is 5.72. The minimum absolute atomic E-state index is 0.182. The van der Waals surface area contributed by atoms with E-state index in [4.69, 9.17) is 4.74 Å². The van der Waals surface area contributed by atoms with Crippen molar-refractivity contribution in [2.75, 3.05) is 6.61 Å². The van der Waals surface area contributed by atoms with Gasteiger partial charge in [-0.25, -0.2) is 4.79 Å². The minimum atomic E-state index is -0.467. The molecular formula is C18H21NO3. The standard InChI is InChI=1S/C18H21NO3/c1-11-6-12(2)8-15(7-11)18(21)22-10-17(20)16-9-13(3)19(5)14(16)4/h6-9H,10H2,1-5H3. The zero-order chi connectivity index (χ0) is 16.4. The lowest BCUT2D eigenvalue weighted by molar-refractivity contribution is 0.0474. The molecule has 116 valence electrons. The lowest BCUT2D eigenvalue weighted by Gasteiger charge is -2.06. The van der Waals surface area contributed by atoms with Crippen molar-refractivity contribution >= 4 is 11.8 Å². The Bertz CT molecular complexity index is 721. The van der Waals surface area contributed by atoms with Crippen LogP contribution in [-0.2, 0) is 11.8 Å². The van der Waals surface area contributed by atoms with Gasteiger partial charge >= 0.3 is 5.97 Å². The summed E-state index contributed by atoms with van der Waals surface area (Å²) in [6.45, 7) is 7.42. The molecule has 2 rings (SSSR count). The Morgan fingerprint density at radius 2 is 1.59 bits per heavy atom. The van der Waals surface area contributed by atoms with E-state index in [1.165, 1.54) is 0 Å². The molecule has 0 radical (unpaired) electrons. The molecule has 4 heteroatoms. The molecule has 0 atom stereocenters. The summed E-state index contributed by atoms with van der Waals surface area (Å²) in [7, 11) is 1.91. The van der Waals surface area contributed by atoms with Crippen LogP contribution in [0.2, 0.25) is 0 Å². The highest BCUT2D eigenvalue weighted by molar-refractivity contribution is 6.00. The maximum Gasteiger partial charge on any atom is 0.338 e. The van der Waals surface area contributed by atoms with Crippen LogP contribution in [0.1, 0.15) is 43.2 Å². The fraction of sp³-hybridized carbons (Fsp3) is 0.333. The van der Waals surface area contributed by atoms with Crippen molar-refractivity contribution < 1.29 is 14.3 Å². The molecule has 1 heterocycles. The highest BCUT2D eigenvalue weighted by Crippen LogP contribution is 2.15. The molecule has 0 saturated carbocycles. The van der Waals surface area contributed by atoms with Crippen LogP contribution in [0.5, 0.6) is 0 Å². The molecule has 0 amide bonds. The largest absolute Gasteiger partial charge is 0.454 e. The average Bonchev–Trinajstić information content (AvgIpc) is 2.71. The third-order valence-electron chi connectivity index (χ3n) is 3.87. The van der Waals surface area contributed by atoms with Crippen LogP contribution in [0, 0.1) is 27.7 Å². The Kier molecular flexibility index (Phi) is 4.50. The van der Waals surface area contributed by atoms with Crippen molar-refractivity contribution in [1.82, 2.24) is 4.57 Å². The summed E-state index contributed by atoms with van der Waals surface area (Å²) >= 11 is 0. The fourth-order valence-corrected chi connectivity index (χ4v) is 2.52. The number of rotatable bonds is 4. The lowest BCUT2D eigenvalue weighted by Crippen LogP contribution is -2.15. The molecule has 1 aromatic carbocycles. The van der Waals surface area contributed by atoms with Gasteiger partial charge in [-0.3, -0.25) is 4.79 Å². The zero-order valence-electron chi connectivity index (χ0n) is 13.7. The van der Waals surface area contributed by atoms with E-state index in [1.54, 1.807) is 12.1 Å². The van der Waals surface area contributed by atoms with Gasteiger partial charge in [-0.05, 0) is 45.9 Å². The highest BCUT2D eigenvalue weighted by Gasteiger charge is 2.16. The summed E-state index contributed by atoms with van der Waals surface area (Å²) in [5, 5.41) is 0.